The Morgan fingerprint density at radius 2 is 1.78 bits per heavy atom. The first-order chi connectivity index (χ1) is 12.7. The lowest BCUT2D eigenvalue weighted by Crippen LogP contribution is -2.53. The molecule has 3 aliphatic rings. The minimum atomic E-state index is -4.77. The summed E-state index contributed by atoms with van der Waals surface area (Å²) < 4.78 is 53.6. The van der Waals surface area contributed by atoms with E-state index in [2.05, 4.69) is 19.8 Å². The summed E-state index contributed by atoms with van der Waals surface area (Å²) in [5.74, 6) is -0.245. The molecule has 1 aromatic carbocycles. The molecule has 144 valence electrons. The molecule has 0 aromatic heterocycles. The number of hydrogen-bond donors (Lipinski definition) is 0. The Balaban J connectivity index is 1.83. The number of alkyl halides is 3. The molecule has 0 radical (unpaired) electrons. The third-order valence-corrected chi connectivity index (χ3v) is 4.93. The molecule has 0 bridgehead atoms. The quantitative estimate of drug-likeness (QED) is 0.647. The summed E-state index contributed by atoms with van der Waals surface area (Å²) in [5.41, 5.74) is -0.943. The molecule has 3 aliphatic heterocycles. The number of rotatable bonds is 0. The Morgan fingerprint density at radius 1 is 1.07 bits per heavy atom. The van der Waals surface area contributed by atoms with Crippen molar-refractivity contribution < 1.29 is 17.6 Å². The number of halogens is 4. The van der Waals surface area contributed by atoms with Gasteiger partial charge in [0.2, 0.25) is 0 Å². The number of anilines is 1. The molecule has 0 N–H and O–H groups in total. The van der Waals surface area contributed by atoms with E-state index in [1.807, 2.05) is 14.0 Å². The van der Waals surface area contributed by atoms with Crippen molar-refractivity contribution in [2.24, 2.45) is 9.98 Å². The second-order valence-corrected chi connectivity index (χ2v) is 6.95. The second kappa shape index (κ2) is 6.33. The van der Waals surface area contributed by atoms with Crippen LogP contribution in [0.2, 0.25) is 0 Å². The molecule has 1 aromatic rings. The minimum absolute atomic E-state index is 0.113. The minimum Gasteiger partial charge on any atom is -0.351 e. The van der Waals surface area contributed by atoms with E-state index in [1.54, 1.807) is 17.2 Å². The van der Waals surface area contributed by atoms with Crippen LogP contribution in [-0.4, -0.2) is 60.7 Å². The van der Waals surface area contributed by atoms with E-state index >= 15 is 0 Å². The molecular weight excluding hydrogens is 362 g/mol. The van der Waals surface area contributed by atoms with Gasteiger partial charge in [-0.1, -0.05) is 0 Å². The van der Waals surface area contributed by atoms with E-state index < -0.39 is 17.6 Å². The Morgan fingerprint density at radius 3 is 2.44 bits per heavy atom. The SMILES string of the molecule is CC1C=CN2C(=N1)C(N1CCN(C)CC1)=Nc1cc(F)c(C(F)(F)F)cc12. The van der Waals surface area contributed by atoms with Crippen molar-refractivity contribution in [2.45, 2.75) is 19.1 Å². The predicted octanol–water partition coefficient (Wildman–Crippen LogP) is 3.26. The Hall–Kier alpha value is -2.42. The summed E-state index contributed by atoms with van der Waals surface area (Å²) in [6, 6.07) is 1.56. The van der Waals surface area contributed by atoms with Gasteiger partial charge in [0.05, 0.1) is 23.0 Å². The first kappa shape index (κ1) is 18.0. The average molecular weight is 381 g/mol. The fraction of sp³-hybridized carbons (Fsp3) is 0.444. The number of hydrogen-bond acceptors (Lipinski definition) is 5. The van der Waals surface area contributed by atoms with Crippen molar-refractivity contribution in [1.82, 2.24) is 9.80 Å². The number of benzene rings is 1. The standard InChI is InChI=1S/C18H19F4N5/c1-11-3-4-27-15-9-12(18(20,21)22)13(19)10-14(15)24-16(17(27)23-11)26-7-5-25(2)6-8-26/h3-4,9-11H,5-8H2,1-2H3. The number of piperazine rings is 1. The van der Waals surface area contributed by atoms with Gasteiger partial charge < -0.3 is 9.80 Å². The van der Waals surface area contributed by atoms with Gasteiger partial charge in [0.1, 0.15) is 5.82 Å². The van der Waals surface area contributed by atoms with E-state index in [4.69, 9.17) is 0 Å². The zero-order valence-electron chi connectivity index (χ0n) is 15.0. The van der Waals surface area contributed by atoms with Gasteiger partial charge in [-0.3, -0.25) is 9.89 Å². The Kier molecular flexibility index (Phi) is 4.21. The molecule has 27 heavy (non-hydrogen) atoms. The van der Waals surface area contributed by atoms with Crippen LogP contribution < -0.4 is 4.90 Å². The van der Waals surface area contributed by atoms with Crippen LogP contribution in [-0.2, 0) is 6.18 Å². The highest BCUT2D eigenvalue weighted by atomic mass is 19.4. The van der Waals surface area contributed by atoms with Crippen LogP contribution >= 0.6 is 0 Å². The number of amidine groups is 2. The summed E-state index contributed by atoms with van der Waals surface area (Å²) in [6.45, 7) is 5.01. The van der Waals surface area contributed by atoms with Crippen LogP contribution in [0.3, 0.4) is 0 Å². The number of likely N-dealkylation sites (N-methyl/N-ethyl adjacent to an activating group) is 1. The monoisotopic (exact) mass is 381 g/mol. The van der Waals surface area contributed by atoms with Gasteiger partial charge >= 0.3 is 6.18 Å². The van der Waals surface area contributed by atoms with Gasteiger partial charge in [-0.15, -0.1) is 0 Å². The first-order valence-electron chi connectivity index (χ1n) is 8.72. The Bertz CT molecular complexity index is 850. The zero-order valence-corrected chi connectivity index (χ0v) is 15.0. The lowest BCUT2D eigenvalue weighted by molar-refractivity contribution is -0.139. The highest BCUT2D eigenvalue weighted by Crippen LogP contribution is 2.42. The maximum absolute atomic E-state index is 14.1. The van der Waals surface area contributed by atoms with Gasteiger partial charge in [0.25, 0.3) is 0 Å². The van der Waals surface area contributed by atoms with Crippen LogP contribution in [0, 0.1) is 5.82 Å². The highest BCUT2D eigenvalue weighted by molar-refractivity contribution is 6.47. The van der Waals surface area contributed by atoms with Crippen molar-refractivity contribution in [3.8, 4) is 0 Å². The van der Waals surface area contributed by atoms with Gasteiger partial charge in [-0.05, 0) is 26.1 Å². The van der Waals surface area contributed by atoms with Crippen LogP contribution in [0.1, 0.15) is 12.5 Å². The second-order valence-electron chi connectivity index (χ2n) is 6.95. The molecule has 1 atom stereocenters. The summed E-state index contributed by atoms with van der Waals surface area (Å²) in [6.07, 6.45) is -1.30. The molecule has 0 amide bonds. The van der Waals surface area contributed by atoms with E-state index in [1.165, 1.54) is 0 Å². The van der Waals surface area contributed by atoms with Gasteiger partial charge in [-0.2, -0.15) is 13.2 Å². The maximum atomic E-state index is 14.1. The molecule has 1 saturated heterocycles. The summed E-state index contributed by atoms with van der Waals surface area (Å²) in [4.78, 5) is 14.9. The summed E-state index contributed by atoms with van der Waals surface area (Å²) in [5, 5.41) is 0. The largest absolute Gasteiger partial charge is 0.419 e. The third kappa shape index (κ3) is 3.20. The van der Waals surface area contributed by atoms with E-state index in [9.17, 15) is 17.6 Å². The molecule has 1 fully saturated rings. The molecule has 4 rings (SSSR count). The Labute approximate surface area is 154 Å². The first-order valence-corrected chi connectivity index (χ1v) is 8.72. The fourth-order valence-corrected chi connectivity index (χ4v) is 3.38. The van der Waals surface area contributed by atoms with E-state index in [0.717, 1.165) is 38.3 Å². The fourth-order valence-electron chi connectivity index (χ4n) is 3.38. The molecule has 5 nitrogen and oxygen atoms in total. The van der Waals surface area contributed by atoms with Crippen molar-refractivity contribution >= 4 is 23.0 Å². The normalized spacial score (nSPS) is 23.0. The molecule has 3 heterocycles. The smallest absolute Gasteiger partial charge is 0.351 e. The van der Waals surface area contributed by atoms with Gasteiger partial charge in [0, 0.05) is 38.4 Å². The van der Waals surface area contributed by atoms with Gasteiger partial charge in [0.15, 0.2) is 11.7 Å². The predicted molar refractivity (Wildman–Crippen MR) is 96.1 cm³/mol. The molecule has 0 saturated carbocycles. The molecule has 1 unspecified atom stereocenters. The molecule has 0 aliphatic carbocycles. The van der Waals surface area contributed by atoms with Gasteiger partial charge in [-0.25, -0.2) is 9.38 Å². The zero-order chi connectivity index (χ0) is 19.3. The van der Waals surface area contributed by atoms with E-state index in [-0.39, 0.29) is 17.4 Å². The molecular formula is C18H19F4N5. The number of aliphatic imine (C=N–C) groups is 2. The maximum Gasteiger partial charge on any atom is 0.419 e. The number of fused-ring (bicyclic) bond motifs is 3. The summed E-state index contributed by atoms with van der Waals surface area (Å²) >= 11 is 0. The van der Waals surface area contributed by atoms with E-state index in [0.29, 0.717) is 11.7 Å². The summed E-state index contributed by atoms with van der Waals surface area (Å²) in [7, 11) is 2.03. The van der Waals surface area contributed by atoms with Crippen molar-refractivity contribution in [1.29, 1.82) is 0 Å². The van der Waals surface area contributed by atoms with Crippen LogP contribution in [0.4, 0.5) is 28.9 Å². The highest BCUT2D eigenvalue weighted by Gasteiger charge is 2.38. The third-order valence-electron chi connectivity index (χ3n) is 4.93. The van der Waals surface area contributed by atoms with Crippen LogP contribution in [0.15, 0.2) is 34.4 Å². The molecule has 9 heteroatoms. The number of nitrogens with zero attached hydrogens (tertiary/aromatic N) is 5. The van der Waals surface area contributed by atoms with Crippen LogP contribution in [0.25, 0.3) is 0 Å². The van der Waals surface area contributed by atoms with Crippen LogP contribution in [0.5, 0.6) is 0 Å². The van der Waals surface area contributed by atoms with Crippen molar-refractivity contribution in [3.05, 3.63) is 35.8 Å². The average Bonchev–Trinajstić information content (AvgIpc) is 2.60. The van der Waals surface area contributed by atoms with Crippen molar-refractivity contribution in [2.75, 3.05) is 38.1 Å². The topological polar surface area (TPSA) is 34.4 Å². The molecule has 0 spiro atoms. The lowest BCUT2D eigenvalue weighted by Gasteiger charge is -2.40. The lowest BCUT2D eigenvalue weighted by atomic mass is 10.1. The van der Waals surface area contributed by atoms with Crippen molar-refractivity contribution in [3.63, 3.8) is 0 Å².